The number of rotatable bonds is 0. The van der Waals surface area contributed by atoms with E-state index in [0.717, 1.165) is 25.7 Å². The Morgan fingerprint density at radius 1 is 1.12 bits per heavy atom. The summed E-state index contributed by atoms with van der Waals surface area (Å²) in [4.78, 5) is 0.632. The summed E-state index contributed by atoms with van der Waals surface area (Å²) in [5.41, 5.74) is 0. The molecule has 0 aromatic carbocycles. The number of halogens is 1. The van der Waals surface area contributed by atoms with Gasteiger partial charge in [-0.25, -0.2) is 5.11 Å². The maximum Gasteiger partial charge on any atom is 0.0930 e. The maximum absolute atomic E-state index is 10.7. The van der Waals surface area contributed by atoms with Crippen molar-refractivity contribution >= 4 is 15.9 Å². The molecule has 0 aliphatic heterocycles. The van der Waals surface area contributed by atoms with Crippen molar-refractivity contribution in [2.75, 3.05) is 0 Å². The minimum atomic E-state index is -0.260. The molecule has 47 valence electrons. The maximum atomic E-state index is 10.7. The summed E-state index contributed by atoms with van der Waals surface area (Å²) in [7, 11) is 0. The Bertz CT molecular complexity index is 56.9. The molecule has 0 saturated heterocycles. The van der Waals surface area contributed by atoms with E-state index in [1.807, 2.05) is 0 Å². The monoisotopic (exact) mass is 177 g/mol. The molecule has 1 aliphatic rings. The van der Waals surface area contributed by atoms with E-state index >= 15 is 0 Å². The molecule has 1 saturated carbocycles. The molecule has 1 rings (SSSR count). The lowest BCUT2D eigenvalue weighted by Gasteiger charge is -2.18. The molecule has 1 fully saturated rings. The average Bonchev–Trinajstić information content (AvgIpc) is 1.77. The second-order valence-corrected chi connectivity index (χ2v) is 3.67. The summed E-state index contributed by atoms with van der Waals surface area (Å²) >= 11 is 3.48. The van der Waals surface area contributed by atoms with Crippen LogP contribution < -0.4 is 0 Å². The largest absolute Gasteiger partial charge is 0.233 e. The number of hydrogen-bond acceptors (Lipinski definition) is 0. The zero-order chi connectivity index (χ0) is 5.98. The van der Waals surface area contributed by atoms with Gasteiger partial charge in [-0.3, -0.25) is 0 Å². The zero-order valence-electron chi connectivity index (χ0n) is 4.77. The molecule has 0 spiro atoms. The molecular weight excluding hydrogens is 168 g/mol. The van der Waals surface area contributed by atoms with Crippen LogP contribution in [0.5, 0.6) is 0 Å². The van der Waals surface area contributed by atoms with E-state index < -0.39 is 0 Å². The highest BCUT2D eigenvalue weighted by Crippen LogP contribution is 2.23. The van der Waals surface area contributed by atoms with Crippen LogP contribution in [0.3, 0.4) is 0 Å². The van der Waals surface area contributed by atoms with Gasteiger partial charge in [-0.15, -0.1) is 0 Å². The van der Waals surface area contributed by atoms with Crippen LogP contribution in [0.1, 0.15) is 25.7 Å². The lowest BCUT2D eigenvalue weighted by molar-refractivity contribution is 0.0582. The Balaban J connectivity index is 2.19. The van der Waals surface area contributed by atoms with Crippen LogP contribution in [-0.2, 0) is 5.11 Å². The van der Waals surface area contributed by atoms with Gasteiger partial charge in [-0.1, -0.05) is 15.9 Å². The summed E-state index contributed by atoms with van der Waals surface area (Å²) in [6.45, 7) is 0. The molecule has 1 nitrogen and oxygen atoms in total. The van der Waals surface area contributed by atoms with Crippen LogP contribution in [0, 0.1) is 0 Å². The first kappa shape index (κ1) is 6.56. The third-order valence-corrected chi connectivity index (χ3v) is 2.52. The number of hydrogen-bond donors (Lipinski definition) is 0. The molecule has 0 bridgehead atoms. The van der Waals surface area contributed by atoms with Gasteiger partial charge >= 0.3 is 0 Å². The Kier molecular flexibility index (Phi) is 2.32. The fourth-order valence-corrected chi connectivity index (χ4v) is 1.55. The van der Waals surface area contributed by atoms with E-state index in [4.69, 9.17) is 0 Å². The molecule has 0 N–H and O–H groups in total. The molecule has 1 radical (unpaired) electrons. The van der Waals surface area contributed by atoms with Gasteiger partial charge in [0.2, 0.25) is 0 Å². The third kappa shape index (κ3) is 1.75. The quantitative estimate of drug-likeness (QED) is 0.506. The van der Waals surface area contributed by atoms with Crippen LogP contribution in [0.2, 0.25) is 0 Å². The van der Waals surface area contributed by atoms with E-state index in [-0.39, 0.29) is 6.10 Å². The summed E-state index contributed by atoms with van der Waals surface area (Å²) in [5, 5.41) is 10.7. The van der Waals surface area contributed by atoms with Crippen LogP contribution >= 0.6 is 15.9 Å². The second kappa shape index (κ2) is 2.83. The Morgan fingerprint density at radius 2 is 1.62 bits per heavy atom. The van der Waals surface area contributed by atoms with Crippen molar-refractivity contribution in [3.63, 3.8) is 0 Å². The van der Waals surface area contributed by atoms with E-state index in [1.165, 1.54) is 0 Å². The minimum absolute atomic E-state index is 0.260. The van der Waals surface area contributed by atoms with Crippen molar-refractivity contribution in [2.45, 2.75) is 36.6 Å². The van der Waals surface area contributed by atoms with Crippen molar-refractivity contribution in [2.24, 2.45) is 0 Å². The summed E-state index contributed by atoms with van der Waals surface area (Å²) in [5.74, 6) is 0. The molecule has 0 atom stereocenters. The number of alkyl halides is 1. The SMILES string of the molecule is [O]C1CCC(Br)CC1. The highest BCUT2D eigenvalue weighted by atomic mass is 79.9. The van der Waals surface area contributed by atoms with Crippen LogP contribution in [0.25, 0.3) is 0 Å². The lowest BCUT2D eigenvalue weighted by atomic mass is 9.98. The van der Waals surface area contributed by atoms with Gasteiger partial charge in [0.25, 0.3) is 0 Å². The zero-order valence-corrected chi connectivity index (χ0v) is 6.36. The van der Waals surface area contributed by atoms with E-state index in [0.29, 0.717) is 4.83 Å². The van der Waals surface area contributed by atoms with Crippen LogP contribution in [-0.4, -0.2) is 10.9 Å². The first-order valence-corrected chi connectivity index (χ1v) is 4.00. The molecule has 0 amide bonds. The van der Waals surface area contributed by atoms with Gasteiger partial charge in [0.1, 0.15) is 0 Å². The average molecular weight is 178 g/mol. The van der Waals surface area contributed by atoms with Gasteiger partial charge < -0.3 is 0 Å². The summed E-state index contributed by atoms with van der Waals surface area (Å²) in [6, 6.07) is 0. The van der Waals surface area contributed by atoms with E-state index in [2.05, 4.69) is 15.9 Å². The molecule has 0 heterocycles. The molecule has 8 heavy (non-hydrogen) atoms. The normalized spacial score (nSPS) is 39.8. The third-order valence-electron chi connectivity index (χ3n) is 1.60. The topological polar surface area (TPSA) is 19.9 Å². The van der Waals surface area contributed by atoms with Gasteiger partial charge in [0.15, 0.2) is 0 Å². The van der Waals surface area contributed by atoms with Crippen LogP contribution in [0.15, 0.2) is 0 Å². The predicted octanol–water partition coefficient (Wildman–Crippen LogP) is 2.12. The molecule has 0 aromatic heterocycles. The van der Waals surface area contributed by atoms with Crippen molar-refractivity contribution < 1.29 is 5.11 Å². The highest BCUT2D eigenvalue weighted by molar-refractivity contribution is 9.09. The fourth-order valence-electron chi connectivity index (χ4n) is 1.02. The first-order valence-electron chi connectivity index (χ1n) is 3.09. The smallest absolute Gasteiger partial charge is 0.0930 e. The van der Waals surface area contributed by atoms with Gasteiger partial charge in [0.05, 0.1) is 6.10 Å². The molecule has 0 unspecified atom stereocenters. The first-order chi connectivity index (χ1) is 3.79. The molecule has 0 aromatic rings. The van der Waals surface area contributed by atoms with Gasteiger partial charge in [0, 0.05) is 4.83 Å². The Morgan fingerprint density at radius 3 is 2.00 bits per heavy atom. The van der Waals surface area contributed by atoms with E-state index in [1.54, 1.807) is 0 Å². The Labute approximate surface area is 58.2 Å². The highest BCUT2D eigenvalue weighted by Gasteiger charge is 2.17. The summed E-state index contributed by atoms with van der Waals surface area (Å²) in [6.07, 6.45) is 3.64. The molecule has 2 heteroatoms. The summed E-state index contributed by atoms with van der Waals surface area (Å²) < 4.78 is 0. The molecular formula is C6H10BrO. The Hall–Kier alpha value is 0.440. The van der Waals surface area contributed by atoms with Gasteiger partial charge in [-0.2, -0.15) is 0 Å². The van der Waals surface area contributed by atoms with Crippen molar-refractivity contribution in [1.29, 1.82) is 0 Å². The van der Waals surface area contributed by atoms with Crippen molar-refractivity contribution in [1.82, 2.24) is 0 Å². The second-order valence-electron chi connectivity index (χ2n) is 2.37. The van der Waals surface area contributed by atoms with Crippen LogP contribution in [0.4, 0.5) is 0 Å². The van der Waals surface area contributed by atoms with Crippen molar-refractivity contribution in [3.05, 3.63) is 0 Å². The van der Waals surface area contributed by atoms with E-state index in [9.17, 15) is 5.11 Å². The molecule has 1 aliphatic carbocycles. The van der Waals surface area contributed by atoms with Gasteiger partial charge in [-0.05, 0) is 25.7 Å². The fraction of sp³-hybridized carbons (Fsp3) is 1.00. The van der Waals surface area contributed by atoms with Crippen molar-refractivity contribution in [3.8, 4) is 0 Å². The lowest BCUT2D eigenvalue weighted by Crippen LogP contribution is -2.16. The predicted molar refractivity (Wildman–Crippen MR) is 35.7 cm³/mol. The standard InChI is InChI=1S/C6H10BrO/c7-5-1-3-6(8)4-2-5/h5-6H,1-4H2. The minimum Gasteiger partial charge on any atom is -0.233 e.